The van der Waals surface area contributed by atoms with Gasteiger partial charge in [-0.05, 0) is 59.5 Å². The van der Waals surface area contributed by atoms with Crippen LogP contribution in [0.15, 0.2) is 66.2 Å². The van der Waals surface area contributed by atoms with Crippen molar-refractivity contribution in [3.63, 3.8) is 0 Å². The van der Waals surface area contributed by atoms with Crippen molar-refractivity contribution in [1.82, 2.24) is 4.98 Å². The first-order valence-corrected chi connectivity index (χ1v) is 16.3. The Kier molecular flexibility index (Phi) is 7.88. The number of hydrogen-bond donors (Lipinski definition) is 0. The summed E-state index contributed by atoms with van der Waals surface area (Å²) in [5.74, 6) is 1.74. The van der Waals surface area contributed by atoms with Gasteiger partial charge in [0.1, 0.15) is 28.7 Å². The van der Waals surface area contributed by atoms with Crippen molar-refractivity contribution in [2.45, 2.75) is 64.8 Å². The van der Waals surface area contributed by atoms with Gasteiger partial charge in [-0.1, -0.05) is 64.1 Å². The van der Waals surface area contributed by atoms with E-state index in [1.807, 2.05) is 11.6 Å². The van der Waals surface area contributed by atoms with Gasteiger partial charge < -0.3 is 13.9 Å². The fraction of sp³-hybridized carbons (Fsp3) is 0.367. The van der Waals surface area contributed by atoms with Gasteiger partial charge >= 0.3 is 0 Å². The van der Waals surface area contributed by atoms with Gasteiger partial charge in [0.15, 0.2) is 0 Å². The average molecular weight is 520 g/mol. The maximum atomic E-state index is 6.72. The molecule has 0 radical (unpaired) electrons. The van der Waals surface area contributed by atoms with Crippen molar-refractivity contribution in [3.05, 3.63) is 87.9 Å². The second-order valence-corrected chi connectivity index (χ2v) is 13.7. The molecular formula is C30H37NO3SSi. The highest BCUT2D eigenvalue weighted by molar-refractivity contribution is 7.09. The third-order valence-electron chi connectivity index (χ3n) is 6.49. The molecule has 0 saturated carbocycles. The van der Waals surface area contributed by atoms with E-state index in [1.54, 1.807) is 18.4 Å². The van der Waals surface area contributed by atoms with Crippen LogP contribution in [-0.2, 0) is 22.4 Å². The van der Waals surface area contributed by atoms with Crippen LogP contribution in [0.25, 0.3) is 10.8 Å². The van der Waals surface area contributed by atoms with Gasteiger partial charge in [0, 0.05) is 29.8 Å². The Morgan fingerprint density at radius 1 is 0.972 bits per heavy atom. The van der Waals surface area contributed by atoms with E-state index < -0.39 is 14.6 Å². The lowest BCUT2D eigenvalue weighted by molar-refractivity contribution is 0.0170. The molecule has 1 heterocycles. The summed E-state index contributed by atoms with van der Waals surface area (Å²) >= 11 is 1.62. The molecular weight excluding hydrogens is 482 g/mol. The monoisotopic (exact) mass is 519 g/mol. The molecule has 1 atom stereocenters. The molecule has 190 valence electrons. The third kappa shape index (κ3) is 5.22. The van der Waals surface area contributed by atoms with Gasteiger partial charge in [0.05, 0.1) is 0 Å². The maximum Gasteiger partial charge on any atom is 0.229 e. The number of methoxy groups -OCH3 is 1. The lowest BCUT2D eigenvalue weighted by atomic mass is 9.80. The highest BCUT2D eigenvalue weighted by Crippen LogP contribution is 2.49. The van der Waals surface area contributed by atoms with Crippen LogP contribution in [0.2, 0.25) is 13.1 Å². The van der Waals surface area contributed by atoms with Crippen LogP contribution in [0.3, 0.4) is 0 Å². The molecule has 4 rings (SSSR count). The summed E-state index contributed by atoms with van der Waals surface area (Å²) in [4.78, 5) is 4.66. The Bertz CT molecular complexity index is 1310. The van der Waals surface area contributed by atoms with Gasteiger partial charge in [-0.3, -0.25) is 0 Å². The summed E-state index contributed by atoms with van der Waals surface area (Å²) in [5.41, 5.74) is 2.36. The molecule has 4 nitrogen and oxygen atoms in total. The first-order valence-electron chi connectivity index (χ1n) is 12.6. The van der Waals surface area contributed by atoms with E-state index in [9.17, 15) is 0 Å². The molecule has 0 amide bonds. The van der Waals surface area contributed by atoms with E-state index in [-0.39, 0.29) is 5.41 Å². The van der Waals surface area contributed by atoms with E-state index in [0.717, 1.165) is 39.6 Å². The van der Waals surface area contributed by atoms with Gasteiger partial charge in [-0.2, -0.15) is 0 Å². The molecule has 0 aliphatic rings. The Balaban J connectivity index is 1.82. The number of fused-ring (bicyclic) bond motifs is 1. The van der Waals surface area contributed by atoms with Crippen LogP contribution in [0.5, 0.6) is 11.5 Å². The van der Waals surface area contributed by atoms with Crippen molar-refractivity contribution < 1.29 is 13.9 Å². The Morgan fingerprint density at radius 3 is 2.33 bits per heavy atom. The summed E-state index contributed by atoms with van der Waals surface area (Å²) in [5, 5.41) is 5.39. The zero-order valence-corrected chi connectivity index (χ0v) is 24.4. The topological polar surface area (TPSA) is 40.6 Å². The second-order valence-electron chi connectivity index (χ2n) is 10.4. The normalized spacial score (nSPS) is 13.7. The Morgan fingerprint density at radius 2 is 1.72 bits per heavy atom. The Labute approximate surface area is 221 Å². The van der Waals surface area contributed by atoms with Crippen LogP contribution in [0, 0.1) is 0 Å². The van der Waals surface area contributed by atoms with Crippen LogP contribution in [0.4, 0.5) is 0 Å². The molecule has 0 saturated heterocycles. The SMILES string of the molecule is CCC(OC)(c1nccs1)c1ccc(OCc2ccc3ccccc3c2)c(C(C)(C)C)c1O[SiH](C)C. The largest absolute Gasteiger partial charge is 0.546 e. The summed E-state index contributed by atoms with van der Waals surface area (Å²) in [7, 11) is 0.312. The molecule has 0 bridgehead atoms. The molecule has 3 aromatic carbocycles. The number of benzene rings is 3. The van der Waals surface area contributed by atoms with Crippen molar-refractivity contribution in [2.24, 2.45) is 0 Å². The minimum atomic E-state index is -1.45. The lowest BCUT2D eigenvalue weighted by Crippen LogP contribution is -2.32. The van der Waals surface area contributed by atoms with E-state index in [4.69, 9.17) is 13.9 Å². The number of aromatic nitrogens is 1. The third-order valence-corrected chi connectivity index (χ3v) is 8.11. The number of rotatable bonds is 9. The van der Waals surface area contributed by atoms with Crippen molar-refractivity contribution in [1.29, 1.82) is 0 Å². The van der Waals surface area contributed by atoms with Crippen molar-refractivity contribution in [2.75, 3.05) is 7.11 Å². The quantitative estimate of drug-likeness (QED) is 0.211. The highest BCUT2D eigenvalue weighted by atomic mass is 32.1. The summed E-state index contributed by atoms with van der Waals surface area (Å²) in [6.45, 7) is 13.7. The lowest BCUT2D eigenvalue weighted by Gasteiger charge is -2.36. The van der Waals surface area contributed by atoms with E-state index >= 15 is 0 Å². The smallest absolute Gasteiger partial charge is 0.229 e. The van der Waals surface area contributed by atoms with Crippen LogP contribution in [0.1, 0.15) is 55.8 Å². The molecule has 4 aromatic rings. The van der Waals surface area contributed by atoms with Crippen molar-refractivity contribution >= 4 is 31.1 Å². The van der Waals surface area contributed by atoms with Gasteiger partial charge in [-0.25, -0.2) is 4.98 Å². The first kappa shape index (κ1) is 26.4. The number of ether oxygens (including phenoxy) is 2. The van der Waals surface area contributed by atoms with Crippen LogP contribution < -0.4 is 9.16 Å². The molecule has 36 heavy (non-hydrogen) atoms. The summed E-state index contributed by atoms with van der Waals surface area (Å²) < 4.78 is 19.5. The highest BCUT2D eigenvalue weighted by Gasteiger charge is 2.41. The Hall–Kier alpha value is -2.67. The fourth-order valence-electron chi connectivity index (χ4n) is 4.78. The van der Waals surface area contributed by atoms with Crippen molar-refractivity contribution in [3.8, 4) is 11.5 Å². The molecule has 0 fully saturated rings. The number of thiazole rings is 1. The molecule has 1 unspecified atom stereocenters. The summed E-state index contributed by atoms with van der Waals surface area (Å²) in [6.07, 6.45) is 2.58. The van der Waals surface area contributed by atoms with Gasteiger partial charge in [-0.15, -0.1) is 11.3 Å². The predicted octanol–water partition coefficient (Wildman–Crippen LogP) is 7.84. The molecule has 6 heteroatoms. The van der Waals surface area contributed by atoms with E-state index in [0.29, 0.717) is 6.61 Å². The molecule has 1 aromatic heterocycles. The minimum Gasteiger partial charge on any atom is -0.546 e. The second kappa shape index (κ2) is 10.7. The van der Waals surface area contributed by atoms with E-state index in [1.165, 1.54) is 10.8 Å². The zero-order valence-electron chi connectivity index (χ0n) is 22.4. The van der Waals surface area contributed by atoms with Crippen LogP contribution in [-0.4, -0.2) is 21.1 Å². The minimum absolute atomic E-state index is 0.205. The predicted molar refractivity (Wildman–Crippen MR) is 153 cm³/mol. The van der Waals surface area contributed by atoms with Gasteiger partial charge in [0.2, 0.25) is 9.04 Å². The molecule has 0 N–H and O–H groups in total. The average Bonchev–Trinajstić information content (AvgIpc) is 3.39. The van der Waals surface area contributed by atoms with E-state index in [2.05, 4.69) is 100 Å². The molecule has 0 aliphatic heterocycles. The molecule has 0 aliphatic carbocycles. The van der Waals surface area contributed by atoms with Crippen LogP contribution >= 0.6 is 11.3 Å². The number of nitrogens with zero attached hydrogens (tertiary/aromatic N) is 1. The standard InChI is InChI=1S/C30H37NO3SSi/c1-8-30(32-5,28-31-17-18-35-28)24-15-16-25(26(29(2,3)4)27(24)34-36(6)7)33-20-21-13-14-22-11-9-10-12-23(22)19-21/h9-19,36H,8,20H2,1-7H3. The fourth-order valence-corrected chi connectivity index (χ4v) is 6.40. The zero-order chi connectivity index (χ0) is 25.9. The first-order chi connectivity index (χ1) is 17.2. The maximum absolute atomic E-state index is 6.72. The summed E-state index contributed by atoms with van der Waals surface area (Å²) in [6, 6.07) is 19.1. The number of hydrogen-bond acceptors (Lipinski definition) is 5. The van der Waals surface area contributed by atoms with Gasteiger partial charge in [0.25, 0.3) is 0 Å². The molecule has 0 spiro atoms.